The predicted molar refractivity (Wildman–Crippen MR) is 81.2 cm³/mol. The highest BCUT2D eigenvalue weighted by Gasteiger charge is 2.32. The molecule has 0 radical (unpaired) electrons. The Labute approximate surface area is 130 Å². The zero-order chi connectivity index (χ0) is 16.5. The first-order chi connectivity index (χ1) is 10.2. The summed E-state index contributed by atoms with van der Waals surface area (Å²) in [7, 11) is 1.57. The van der Waals surface area contributed by atoms with Gasteiger partial charge in [-0.2, -0.15) is 0 Å². The third kappa shape index (κ3) is 3.84. The van der Waals surface area contributed by atoms with E-state index in [1.807, 2.05) is 38.8 Å². The standard InChI is InChI=1S/C17H23F2NO2/c1-11-9-20(16(21-5)22-17(2,3)4)10-14(11)13-7-6-12(18)8-15(13)19/h6-9,14,16H,10H2,1-5H3/t14-,16?/m1/s1. The Hall–Kier alpha value is -1.46. The zero-order valence-electron chi connectivity index (χ0n) is 13.7. The van der Waals surface area contributed by atoms with Crippen LogP contribution in [-0.4, -0.2) is 30.6 Å². The summed E-state index contributed by atoms with van der Waals surface area (Å²) in [6.45, 7) is 8.30. The SMILES string of the molecule is COC(OC(C)(C)C)N1C=C(C)[C@H](c2ccc(F)cc2F)C1. The van der Waals surface area contributed by atoms with Gasteiger partial charge in [0.25, 0.3) is 0 Å². The van der Waals surface area contributed by atoms with Gasteiger partial charge < -0.3 is 14.4 Å². The molecule has 0 bridgehead atoms. The number of hydrogen-bond donors (Lipinski definition) is 0. The summed E-state index contributed by atoms with van der Waals surface area (Å²) in [5.74, 6) is -1.23. The lowest BCUT2D eigenvalue weighted by Crippen LogP contribution is -2.40. The van der Waals surface area contributed by atoms with Gasteiger partial charge in [-0.05, 0) is 44.9 Å². The maximum Gasteiger partial charge on any atom is 0.240 e. The fraction of sp³-hybridized carbons (Fsp3) is 0.529. The quantitative estimate of drug-likeness (QED) is 0.784. The smallest absolute Gasteiger partial charge is 0.240 e. The highest BCUT2D eigenvalue weighted by atomic mass is 19.1. The fourth-order valence-corrected chi connectivity index (χ4v) is 2.59. The molecule has 1 aromatic carbocycles. The van der Waals surface area contributed by atoms with Gasteiger partial charge in [-0.25, -0.2) is 8.78 Å². The van der Waals surface area contributed by atoms with Crippen LogP contribution >= 0.6 is 0 Å². The normalized spacial score (nSPS) is 20.2. The third-order valence-corrected chi connectivity index (χ3v) is 3.58. The van der Waals surface area contributed by atoms with E-state index in [0.29, 0.717) is 12.1 Å². The second-order valence-corrected chi connectivity index (χ2v) is 6.56. The van der Waals surface area contributed by atoms with E-state index in [1.54, 1.807) is 7.11 Å². The van der Waals surface area contributed by atoms with E-state index < -0.39 is 18.0 Å². The Balaban J connectivity index is 2.18. The van der Waals surface area contributed by atoms with Gasteiger partial charge in [0.15, 0.2) is 0 Å². The number of ether oxygens (including phenoxy) is 2. The van der Waals surface area contributed by atoms with Crippen molar-refractivity contribution < 1.29 is 18.3 Å². The Morgan fingerprint density at radius 3 is 2.50 bits per heavy atom. The van der Waals surface area contributed by atoms with E-state index in [-0.39, 0.29) is 11.5 Å². The summed E-state index contributed by atoms with van der Waals surface area (Å²) >= 11 is 0. The molecular formula is C17H23F2NO2. The van der Waals surface area contributed by atoms with Gasteiger partial charge in [-0.3, -0.25) is 0 Å². The number of rotatable bonds is 4. The Morgan fingerprint density at radius 2 is 1.95 bits per heavy atom. The maximum atomic E-state index is 14.0. The molecule has 0 saturated heterocycles. The summed E-state index contributed by atoms with van der Waals surface area (Å²) < 4.78 is 38.3. The number of nitrogens with zero attached hydrogens (tertiary/aromatic N) is 1. The van der Waals surface area contributed by atoms with E-state index in [1.165, 1.54) is 12.1 Å². The van der Waals surface area contributed by atoms with Crippen molar-refractivity contribution in [1.29, 1.82) is 0 Å². The van der Waals surface area contributed by atoms with Crippen molar-refractivity contribution >= 4 is 0 Å². The minimum atomic E-state index is -0.566. The summed E-state index contributed by atoms with van der Waals surface area (Å²) in [5.41, 5.74) is 1.12. The fourth-order valence-electron chi connectivity index (χ4n) is 2.59. The average Bonchev–Trinajstić information content (AvgIpc) is 2.77. The molecule has 1 aromatic rings. The highest BCUT2D eigenvalue weighted by molar-refractivity contribution is 5.33. The molecule has 22 heavy (non-hydrogen) atoms. The molecule has 0 saturated carbocycles. The maximum absolute atomic E-state index is 14.0. The van der Waals surface area contributed by atoms with Crippen LogP contribution < -0.4 is 0 Å². The molecule has 1 aliphatic heterocycles. The minimum absolute atomic E-state index is 0.137. The Kier molecular flexibility index (Phi) is 4.87. The molecule has 0 spiro atoms. The number of methoxy groups -OCH3 is 1. The van der Waals surface area contributed by atoms with Crippen molar-refractivity contribution in [2.45, 2.75) is 45.6 Å². The lowest BCUT2D eigenvalue weighted by molar-refractivity contribution is -0.239. The average molecular weight is 311 g/mol. The van der Waals surface area contributed by atoms with Crippen LogP contribution in [0.1, 0.15) is 39.2 Å². The molecule has 0 aromatic heterocycles. The second-order valence-electron chi connectivity index (χ2n) is 6.56. The van der Waals surface area contributed by atoms with E-state index >= 15 is 0 Å². The van der Waals surface area contributed by atoms with Crippen molar-refractivity contribution in [1.82, 2.24) is 4.90 Å². The summed E-state index contributed by atoms with van der Waals surface area (Å²) in [5, 5.41) is 0. The predicted octanol–water partition coefficient (Wildman–Crippen LogP) is 4.01. The van der Waals surface area contributed by atoms with Crippen molar-refractivity contribution in [3.8, 4) is 0 Å². The van der Waals surface area contributed by atoms with Crippen LogP contribution in [0.4, 0.5) is 8.78 Å². The van der Waals surface area contributed by atoms with Crippen LogP contribution in [0.15, 0.2) is 30.0 Å². The van der Waals surface area contributed by atoms with Crippen LogP contribution in [0.2, 0.25) is 0 Å². The Bertz CT molecular complexity index is 566. The molecule has 0 N–H and O–H groups in total. The lowest BCUT2D eigenvalue weighted by atomic mass is 9.94. The van der Waals surface area contributed by atoms with Crippen LogP contribution in [0.25, 0.3) is 0 Å². The van der Waals surface area contributed by atoms with Crippen molar-refractivity contribution in [2.75, 3.05) is 13.7 Å². The highest BCUT2D eigenvalue weighted by Crippen LogP contribution is 2.34. The lowest BCUT2D eigenvalue weighted by Gasteiger charge is -2.33. The Morgan fingerprint density at radius 1 is 1.27 bits per heavy atom. The van der Waals surface area contributed by atoms with Gasteiger partial charge in [0.05, 0.1) is 5.60 Å². The molecule has 1 heterocycles. The number of benzene rings is 1. The summed E-state index contributed by atoms with van der Waals surface area (Å²) in [6, 6.07) is 3.71. The molecule has 1 aliphatic rings. The third-order valence-electron chi connectivity index (χ3n) is 3.58. The molecule has 122 valence electrons. The molecule has 5 heteroatoms. The van der Waals surface area contributed by atoms with Crippen molar-refractivity contribution in [3.05, 3.63) is 47.2 Å². The van der Waals surface area contributed by atoms with Gasteiger partial charge in [0.2, 0.25) is 6.41 Å². The summed E-state index contributed by atoms with van der Waals surface area (Å²) in [4.78, 5) is 1.90. The number of hydrogen-bond acceptors (Lipinski definition) is 3. The summed E-state index contributed by atoms with van der Waals surface area (Å²) in [6.07, 6.45) is 1.37. The minimum Gasteiger partial charge on any atom is -0.339 e. The second kappa shape index (κ2) is 6.34. The molecule has 1 unspecified atom stereocenters. The van der Waals surface area contributed by atoms with Gasteiger partial charge >= 0.3 is 0 Å². The molecule has 2 atom stereocenters. The van der Waals surface area contributed by atoms with Gasteiger partial charge in [0.1, 0.15) is 11.6 Å². The van der Waals surface area contributed by atoms with Crippen LogP contribution in [0.5, 0.6) is 0 Å². The van der Waals surface area contributed by atoms with Crippen LogP contribution in [-0.2, 0) is 9.47 Å². The largest absolute Gasteiger partial charge is 0.339 e. The monoisotopic (exact) mass is 311 g/mol. The number of halogens is 2. The topological polar surface area (TPSA) is 21.7 Å². The van der Waals surface area contributed by atoms with Gasteiger partial charge in [-0.15, -0.1) is 0 Å². The van der Waals surface area contributed by atoms with Gasteiger partial charge in [-0.1, -0.05) is 6.07 Å². The molecule has 3 nitrogen and oxygen atoms in total. The van der Waals surface area contributed by atoms with Crippen LogP contribution in [0, 0.1) is 11.6 Å². The van der Waals surface area contributed by atoms with E-state index in [0.717, 1.165) is 11.6 Å². The van der Waals surface area contributed by atoms with Crippen molar-refractivity contribution in [2.24, 2.45) is 0 Å². The first-order valence-corrected chi connectivity index (χ1v) is 7.31. The first-order valence-electron chi connectivity index (χ1n) is 7.31. The first kappa shape index (κ1) is 16.9. The molecule has 0 amide bonds. The molecular weight excluding hydrogens is 288 g/mol. The van der Waals surface area contributed by atoms with Crippen molar-refractivity contribution in [3.63, 3.8) is 0 Å². The molecule has 2 rings (SSSR count). The van der Waals surface area contributed by atoms with E-state index in [9.17, 15) is 8.78 Å². The molecule has 0 aliphatic carbocycles. The van der Waals surface area contributed by atoms with E-state index in [2.05, 4.69) is 0 Å². The van der Waals surface area contributed by atoms with E-state index in [4.69, 9.17) is 9.47 Å². The van der Waals surface area contributed by atoms with Crippen LogP contribution in [0.3, 0.4) is 0 Å². The molecule has 0 fully saturated rings. The van der Waals surface area contributed by atoms with Gasteiger partial charge in [0, 0.05) is 31.8 Å². The zero-order valence-corrected chi connectivity index (χ0v) is 13.7.